The van der Waals surface area contributed by atoms with E-state index in [1.54, 1.807) is 5.57 Å². The zero-order valence-electron chi connectivity index (χ0n) is 32.5. The van der Waals surface area contributed by atoms with Gasteiger partial charge in [0.15, 0.2) is 0 Å². The summed E-state index contributed by atoms with van der Waals surface area (Å²) in [7, 11) is 0. The van der Waals surface area contributed by atoms with E-state index in [9.17, 15) is 0 Å². The number of hydrogen-bond acceptors (Lipinski definition) is 1. The first-order valence-corrected chi connectivity index (χ1v) is 21.3. The summed E-state index contributed by atoms with van der Waals surface area (Å²) in [6, 6.07) is 0. The van der Waals surface area contributed by atoms with Crippen molar-refractivity contribution in [3.63, 3.8) is 0 Å². The van der Waals surface area contributed by atoms with Gasteiger partial charge in [0, 0.05) is 0 Å². The Morgan fingerprint density at radius 1 is 0.340 bits per heavy atom. The third-order valence-electron chi connectivity index (χ3n) is 9.34. The van der Waals surface area contributed by atoms with Gasteiger partial charge in [-0.15, -0.1) is 0 Å². The van der Waals surface area contributed by atoms with Crippen molar-refractivity contribution in [2.75, 3.05) is 13.1 Å². The Balaban J connectivity index is 3.99. The Labute approximate surface area is 297 Å². The molecular weight excluding hydrogens is 567 g/mol. The molecule has 1 N–H and O–H groups in total. The van der Waals surface area contributed by atoms with Crippen LogP contribution in [0.5, 0.6) is 0 Å². The second-order valence-electron chi connectivity index (χ2n) is 14.1. The minimum atomic E-state index is 1.12. The van der Waals surface area contributed by atoms with E-state index >= 15 is 0 Å². The van der Waals surface area contributed by atoms with Crippen LogP contribution in [0, 0.1) is 0 Å². The summed E-state index contributed by atoms with van der Waals surface area (Å²) in [5.41, 5.74) is 1.78. The Morgan fingerprint density at radius 2 is 0.702 bits per heavy atom. The maximum absolute atomic E-state index is 3.61. The average molecular weight is 652 g/mol. The normalized spacial score (nSPS) is 12.1. The smallest absolute Gasteiger partial charge is 0.00488 e. The third-order valence-corrected chi connectivity index (χ3v) is 9.34. The summed E-state index contributed by atoms with van der Waals surface area (Å²) >= 11 is 0. The van der Waals surface area contributed by atoms with Gasteiger partial charge in [0.1, 0.15) is 0 Å². The number of hydrogen-bond donors (Lipinski definition) is 1. The molecule has 0 fully saturated rings. The fourth-order valence-corrected chi connectivity index (χ4v) is 6.11. The van der Waals surface area contributed by atoms with E-state index in [0.29, 0.717) is 0 Å². The standard InChI is InChI=1S/C46H85N/c1-4-7-10-12-14-16-18-20-22-24-26-28-30-32-34-37-41-46(43-39-36-40-45-47-44-9-6-3)42-38-35-33-31-29-27-25-23-21-19-17-15-13-11-8-5-2/h12-15,18-21,43,47H,4-11,16-17,22-42,44-45H2,1-3H3/b14-12-,15-13-,20-18-,21-19-. The largest absolute Gasteiger partial charge is 0.317 e. The van der Waals surface area contributed by atoms with Crippen molar-refractivity contribution in [3.05, 3.63) is 60.3 Å². The van der Waals surface area contributed by atoms with Crippen LogP contribution in [0.15, 0.2) is 60.3 Å². The number of rotatable bonds is 38. The Bertz CT molecular complexity index is 673. The van der Waals surface area contributed by atoms with Gasteiger partial charge >= 0.3 is 0 Å². The zero-order valence-corrected chi connectivity index (χ0v) is 32.5. The number of unbranched alkanes of at least 4 members (excludes halogenated alkanes) is 21. The van der Waals surface area contributed by atoms with Crippen LogP contribution in [-0.2, 0) is 0 Å². The molecule has 0 aliphatic carbocycles. The molecule has 274 valence electrons. The van der Waals surface area contributed by atoms with Crippen LogP contribution in [0.2, 0.25) is 0 Å². The number of allylic oxidation sites excluding steroid dienone is 10. The van der Waals surface area contributed by atoms with Gasteiger partial charge in [-0.1, -0.05) is 177 Å². The first-order valence-electron chi connectivity index (χ1n) is 21.3. The molecule has 0 rings (SSSR count). The molecule has 1 nitrogen and oxygen atoms in total. The van der Waals surface area contributed by atoms with Gasteiger partial charge < -0.3 is 5.32 Å². The molecule has 0 aromatic rings. The van der Waals surface area contributed by atoms with E-state index in [4.69, 9.17) is 0 Å². The minimum Gasteiger partial charge on any atom is -0.317 e. The monoisotopic (exact) mass is 652 g/mol. The van der Waals surface area contributed by atoms with Crippen LogP contribution >= 0.6 is 0 Å². The van der Waals surface area contributed by atoms with Crippen LogP contribution in [0.3, 0.4) is 0 Å². The molecule has 0 unspecified atom stereocenters. The zero-order chi connectivity index (χ0) is 34.0. The highest BCUT2D eigenvalue weighted by Crippen LogP contribution is 2.20. The van der Waals surface area contributed by atoms with Crippen molar-refractivity contribution in [2.24, 2.45) is 0 Å². The Kier molecular flexibility index (Phi) is 41.5. The lowest BCUT2D eigenvalue weighted by Crippen LogP contribution is -2.16. The third kappa shape index (κ3) is 40.7. The Morgan fingerprint density at radius 3 is 1.15 bits per heavy atom. The molecule has 0 spiro atoms. The molecule has 0 aromatic heterocycles. The highest BCUT2D eigenvalue weighted by atomic mass is 14.8. The summed E-state index contributed by atoms with van der Waals surface area (Å²) < 4.78 is 0. The average Bonchev–Trinajstić information content (AvgIpc) is 3.08. The van der Waals surface area contributed by atoms with E-state index in [1.807, 2.05) is 0 Å². The van der Waals surface area contributed by atoms with E-state index in [2.05, 4.69) is 80.8 Å². The summed E-state index contributed by atoms with van der Waals surface area (Å²) in [5, 5.41) is 3.61. The van der Waals surface area contributed by atoms with E-state index in [1.165, 1.54) is 199 Å². The Hall–Kier alpha value is -1.34. The van der Waals surface area contributed by atoms with E-state index < -0.39 is 0 Å². The van der Waals surface area contributed by atoms with Gasteiger partial charge in [0.2, 0.25) is 0 Å². The van der Waals surface area contributed by atoms with Crippen molar-refractivity contribution >= 4 is 0 Å². The molecule has 47 heavy (non-hydrogen) atoms. The molecule has 0 radical (unpaired) electrons. The molecule has 0 saturated heterocycles. The summed E-state index contributed by atoms with van der Waals surface area (Å²) in [6.45, 7) is 9.20. The highest BCUT2D eigenvalue weighted by Gasteiger charge is 2.01. The van der Waals surface area contributed by atoms with Crippen molar-refractivity contribution in [2.45, 2.75) is 220 Å². The molecular formula is C46H85N. The second kappa shape index (κ2) is 42.7. The van der Waals surface area contributed by atoms with Crippen LogP contribution in [-0.4, -0.2) is 13.1 Å². The maximum Gasteiger partial charge on any atom is -0.00488 e. The van der Waals surface area contributed by atoms with Gasteiger partial charge in [0.25, 0.3) is 0 Å². The fourth-order valence-electron chi connectivity index (χ4n) is 6.11. The maximum atomic E-state index is 3.61. The van der Waals surface area contributed by atoms with Gasteiger partial charge in [0.05, 0.1) is 0 Å². The molecule has 0 bridgehead atoms. The fraction of sp³-hybridized carbons (Fsp3) is 0.783. The lowest BCUT2D eigenvalue weighted by atomic mass is 9.98. The van der Waals surface area contributed by atoms with E-state index in [-0.39, 0.29) is 0 Å². The minimum absolute atomic E-state index is 1.12. The van der Waals surface area contributed by atoms with Crippen LogP contribution < -0.4 is 5.32 Å². The predicted octanol–water partition coefficient (Wildman–Crippen LogP) is 15.9. The SMILES string of the molecule is CCCC/C=C\C/C=C\CCCCCCCCCC(=CCCCCNCCCC)CCCCCCCCC/C=C\C/C=C\CCCC. The highest BCUT2D eigenvalue weighted by molar-refractivity contribution is 5.02. The van der Waals surface area contributed by atoms with Gasteiger partial charge in [-0.2, -0.15) is 0 Å². The van der Waals surface area contributed by atoms with E-state index in [0.717, 1.165) is 12.8 Å². The van der Waals surface area contributed by atoms with Crippen molar-refractivity contribution < 1.29 is 0 Å². The van der Waals surface area contributed by atoms with Crippen LogP contribution in [0.1, 0.15) is 220 Å². The summed E-state index contributed by atoms with van der Waals surface area (Å²) in [4.78, 5) is 0. The lowest BCUT2D eigenvalue weighted by molar-refractivity contribution is 0.563. The molecule has 0 aliphatic heterocycles. The molecule has 1 heteroatoms. The van der Waals surface area contributed by atoms with Crippen molar-refractivity contribution in [3.8, 4) is 0 Å². The van der Waals surface area contributed by atoms with Crippen molar-refractivity contribution in [1.82, 2.24) is 5.32 Å². The van der Waals surface area contributed by atoms with Crippen LogP contribution in [0.25, 0.3) is 0 Å². The van der Waals surface area contributed by atoms with Gasteiger partial charge in [-0.05, 0) is 116 Å². The molecule has 0 atom stereocenters. The second-order valence-corrected chi connectivity index (χ2v) is 14.1. The van der Waals surface area contributed by atoms with Gasteiger partial charge in [-0.25, -0.2) is 0 Å². The van der Waals surface area contributed by atoms with Crippen molar-refractivity contribution in [1.29, 1.82) is 0 Å². The first kappa shape index (κ1) is 45.7. The quantitative estimate of drug-likeness (QED) is 0.0517. The molecule has 0 saturated carbocycles. The topological polar surface area (TPSA) is 12.0 Å². The summed E-state index contributed by atoms with van der Waals surface area (Å²) in [5.74, 6) is 0. The molecule has 0 amide bonds. The van der Waals surface area contributed by atoms with Gasteiger partial charge in [-0.3, -0.25) is 0 Å². The number of nitrogens with one attached hydrogen (secondary N) is 1. The molecule has 0 aliphatic rings. The molecule has 0 aromatic carbocycles. The van der Waals surface area contributed by atoms with Crippen LogP contribution in [0.4, 0.5) is 0 Å². The lowest BCUT2D eigenvalue weighted by Gasteiger charge is -2.09. The molecule has 0 heterocycles. The predicted molar refractivity (Wildman–Crippen MR) is 218 cm³/mol. The summed E-state index contributed by atoms with van der Waals surface area (Å²) in [6.07, 6.45) is 63.1. The first-order chi connectivity index (χ1) is 23.3.